The van der Waals surface area contributed by atoms with E-state index in [2.05, 4.69) is 15.1 Å². The Morgan fingerprint density at radius 1 is 1.23 bits per heavy atom. The molecule has 0 saturated heterocycles. The fraction of sp³-hybridized carbons (Fsp3) is 0.292. The summed E-state index contributed by atoms with van der Waals surface area (Å²) in [6, 6.07) is 6.02. The average molecular weight is 490 g/mol. The van der Waals surface area contributed by atoms with Crippen molar-refractivity contribution in [2.45, 2.75) is 44.8 Å². The number of nitrogens with zero attached hydrogens (tertiary/aromatic N) is 5. The Kier molecular flexibility index (Phi) is 4.95. The van der Waals surface area contributed by atoms with Crippen LogP contribution in [-0.4, -0.2) is 58.6 Å². The summed E-state index contributed by atoms with van der Waals surface area (Å²) in [6.45, 7) is 4.03. The molecule has 35 heavy (non-hydrogen) atoms. The molecule has 1 amide bonds. The number of fused-ring (bicyclic) bond motifs is 1. The van der Waals surface area contributed by atoms with Crippen LogP contribution in [0.2, 0.25) is 0 Å². The number of aromatic hydroxyl groups is 1. The second kappa shape index (κ2) is 8.05. The first-order valence-electron chi connectivity index (χ1n) is 11.4. The van der Waals surface area contributed by atoms with Crippen LogP contribution in [-0.2, 0) is 0 Å². The number of hydrogen-bond acceptors (Lipinski definition) is 7. The van der Waals surface area contributed by atoms with Gasteiger partial charge in [-0.05, 0) is 44.9 Å². The summed E-state index contributed by atoms with van der Waals surface area (Å²) < 4.78 is 1.66. The number of thiophene rings is 1. The molecule has 178 valence electrons. The molecule has 2 atom stereocenters. The third kappa shape index (κ3) is 3.87. The number of aromatic amines is 2. The molecule has 4 aromatic rings. The van der Waals surface area contributed by atoms with Crippen LogP contribution >= 0.6 is 11.3 Å². The first-order chi connectivity index (χ1) is 16.9. The Balaban J connectivity index is 1.46. The normalized spacial score (nSPS) is 21.0. The van der Waals surface area contributed by atoms with Crippen LogP contribution in [0.5, 0.6) is 5.88 Å². The molecule has 1 fully saturated rings. The van der Waals surface area contributed by atoms with Crippen LogP contribution in [0.25, 0.3) is 22.3 Å². The molecule has 0 aromatic carbocycles. The van der Waals surface area contributed by atoms with Crippen LogP contribution in [0, 0.1) is 0 Å². The van der Waals surface area contributed by atoms with Crippen molar-refractivity contribution >= 4 is 29.0 Å². The van der Waals surface area contributed by atoms with Gasteiger partial charge in [0.05, 0.1) is 27.7 Å². The van der Waals surface area contributed by atoms with Gasteiger partial charge in [-0.1, -0.05) is 12.2 Å². The third-order valence-corrected chi connectivity index (χ3v) is 7.32. The lowest BCUT2D eigenvalue weighted by Crippen LogP contribution is -2.38. The molecule has 0 bridgehead atoms. The van der Waals surface area contributed by atoms with Crippen LogP contribution in [0.15, 0.2) is 46.3 Å². The minimum Gasteiger partial charge on any atom is -0.493 e. The maximum absolute atomic E-state index is 13.2. The molecule has 2 aliphatic rings. The van der Waals surface area contributed by atoms with Gasteiger partial charge < -0.3 is 15.0 Å². The van der Waals surface area contributed by atoms with Gasteiger partial charge in [0.25, 0.3) is 5.91 Å². The van der Waals surface area contributed by atoms with Crippen molar-refractivity contribution in [2.24, 2.45) is 4.99 Å². The van der Waals surface area contributed by atoms with E-state index in [4.69, 9.17) is 9.98 Å². The molecule has 10 nitrogen and oxygen atoms in total. The minimum atomic E-state index is -0.504. The Morgan fingerprint density at radius 3 is 2.69 bits per heavy atom. The smallest absolute Gasteiger partial charge is 0.326 e. The summed E-state index contributed by atoms with van der Waals surface area (Å²) >= 11 is 1.40. The van der Waals surface area contributed by atoms with Crippen molar-refractivity contribution in [3.8, 4) is 16.5 Å². The van der Waals surface area contributed by atoms with Crippen molar-refractivity contribution in [1.82, 2.24) is 29.5 Å². The molecular weight excluding hydrogens is 466 g/mol. The van der Waals surface area contributed by atoms with Crippen LogP contribution in [0.3, 0.4) is 0 Å². The molecule has 3 N–H and O–H groups in total. The first-order valence-corrected chi connectivity index (χ1v) is 12.3. The summed E-state index contributed by atoms with van der Waals surface area (Å²) in [5.41, 5.74) is 1.63. The summed E-state index contributed by atoms with van der Waals surface area (Å²) in [4.78, 5) is 42.6. The maximum atomic E-state index is 13.2. The SMILES string of the molecule is CC1C=CC(C)N1C(=O)c1ccc(-c2cc(=NC3CC3)n3nc/c(=C\c4[nH]c(=O)[nH]c4O)c3n2)s1. The Labute approximate surface area is 203 Å². The number of aromatic nitrogens is 5. The number of hydrogen-bond donors (Lipinski definition) is 3. The summed E-state index contributed by atoms with van der Waals surface area (Å²) in [7, 11) is 0. The van der Waals surface area contributed by atoms with E-state index in [1.54, 1.807) is 16.8 Å². The van der Waals surface area contributed by atoms with Gasteiger partial charge in [0.1, 0.15) is 5.69 Å². The summed E-state index contributed by atoms with van der Waals surface area (Å²) in [5, 5.41) is 15.0. The van der Waals surface area contributed by atoms with E-state index < -0.39 is 5.69 Å². The standard InChI is InChI=1S/C24H23N7O3S/c1-12-3-4-13(2)30(12)23(33)19-8-7-18(35-19)16-10-20(26-15-5-6-15)31-21(27-16)14(11-25-31)9-17-22(32)29-24(34)28-17/h3-4,7-13,15,32H,5-6H2,1-2H3,(H2,28,29,34)/b14-9+,26-20?. The summed E-state index contributed by atoms with van der Waals surface area (Å²) in [5.74, 6) is -0.254. The number of nitrogens with one attached hydrogen (secondary N) is 2. The van der Waals surface area contributed by atoms with Crippen LogP contribution in [0.4, 0.5) is 0 Å². The van der Waals surface area contributed by atoms with E-state index >= 15 is 0 Å². The third-order valence-electron chi connectivity index (χ3n) is 6.23. The van der Waals surface area contributed by atoms with Gasteiger partial charge in [0, 0.05) is 23.4 Å². The Morgan fingerprint density at radius 2 is 2.00 bits per heavy atom. The molecular formula is C24H23N7O3S. The zero-order valence-electron chi connectivity index (χ0n) is 19.1. The van der Waals surface area contributed by atoms with Crippen molar-refractivity contribution in [3.05, 3.63) is 68.3 Å². The largest absolute Gasteiger partial charge is 0.493 e. The lowest BCUT2D eigenvalue weighted by molar-refractivity contribution is 0.0714. The number of amides is 1. The van der Waals surface area contributed by atoms with E-state index in [1.807, 2.05) is 49.1 Å². The van der Waals surface area contributed by atoms with Gasteiger partial charge in [0.15, 0.2) is 11.1 Å². The Hall–Kier alpha value is -3.99. The first kappa shape index (κ1) is 21.5. The molecule has 2 unspecified atom stereocenters. The highest BCUT2D eigenvalue weighted by molar-refractivity contribution is 7.17. The number of carbonyl (C=O) groups excluding carboxylic acids is 1. The molecule has 1 aliphatic heterocycles. The van der Waals surface area contributed by atoms with Gasteiger partial charge in [-0.15, -0.1) is 11.3 Å². The van der Waals surface area contributed by atoms with Crippen LogP contribution in [0.1, 0.15) is 42.1 Å². The van der Waals surface area contributed by atoms with Gasteiger partial charge in [0.2, 0.25) is 5.88 Å². The molecule has 4 aromatic heterocycles. The highest BCUT2D eigenvalue weighted by Crippen LogP contribution is 2.29. The highest BCUT2D eigenvalue weighted by Gasteiger charge is 2.29. The van der Waals surface area contributed by atoms with E-state index in [0.717, 1.165) is 17.7 Å². The van der Waals surface area contributed by atoms with E-state index in [9.17, 15) is 14.7 Å². The van der Waals surface area contributed by atoms with Crippen molar-refractivity contribution in [2.75, 3.05) is 0 Å². The monoisotopic (exact) mass is 489 g/mol. The fourth-order valence-corrected chi connectivity index (χ4v) is 5.20. The van der Waals surface area contributed by atoms with Crippen LogP contribution < -0.4 is 16.4 Å². The predicted octanol–water partition coefficient (Wildman–Crippen LogP) is 1.58. The zero-order valence-corrected chi connectivity index (χ0v) is 19.9. The number of carbonyl (C=O) groups is 1. The molecule has 5 heterocycles. The van der Waals surface area contributed by atoms with E-state index in [1.165, 1.54) is 11.3 Å². The minimum absolute atomic E-state index is 0.000446. The topological polar surface area (TPSA) is 132 Å². The molecule has 1 aliphatic carbocycles. The van der Waals surface area contributed by atoms with Crippen molar-refractivity contribution < 1.29 is 9.90 Å². The molecule has 0 radical (unpaired) electrons. The molecule has 0 spiro atoms. The van der Waals surface area contributed by atoms with Gasteiger partial charge in [-0.2, -0.15) is 9.61 Å². The highest BCUT2D eigenvalue weighted by atomic mass is 32.1. The second-order valence-corrected chi connectivity index (χ2v) is 10.0. The molecule has 6 rings (SSSR count). The second-order valence-electron chi connectivity index (χ2n) is 8.92. The Bertz CT molecular complexity index is 1660. The van der Waals surface area contributed by atoms with Crippen molar-refractivity contribution in [3.63, 3.8) is 0 Å². The fourth-order valence-electron chi connectivity index (χ4n) is 4.29. The zero-order chi connectivity index (χ0) is 24.3. The quantitative estimate of drug-likeness (QED) is 0.375. The van der Waals surface area contributed by atoms with E-state index in [-0.39, 0.29) is 35.6 Å². The van der Waals surface area contributed by atoms with Gasteiger partial charge >= 0.3 is 5.69 Å². The maximum Gasteiger partial charge on any atom is 0.326 e. The predicted molar refractivity (Wildman–Crippen MR) is 131 cm³/mol. The average Bonchev–Trinajstić information content (AvgIpc) is 3.15. The van der Waals surface area contributed by atoms with Crippen molar-refractivity contribution in [1.29, 1.82) is 0 Å². The van der Waals surface area contributed by atoms with E-state index in [0.29, 0.717) is 26.9 Å². The number of H-pyrrole nitrogens is 2. The number of rotatable bonds is 4. The summed E-state index contributed by atoms with van der Waals surface area (Å²) in [6.07, 6.45) is 9.40. The lowest BCUT2D eigenvalue weighted by atomic mass is 10.2. The number of imidazole rings is 1. The molecule has 1 saturated carbocycles. The lowest BCUT2D eigenvalue weighted by Gasteiger charge is -2.25. The van der Waals surface area contributed by atoms with Gasteiger partial charge in [-0.3, -0.25) is 14.8 Å². The molecule has 11 heteroatoms. The van der Waals surface area contributed by atoms with Gasteiger partial charge in [-0.25, -0.2) is 9.78 Å².